The highest BCUT2D eigenvalue weighted by molar-refractivity contribution is 6.40. The number of rotatable bonds is 16. The van der Waals surface area contributed by atoms with Gasteiger partial charge in [0.05, 0.1) is 16.7 Å². The average molecular weight is 820 g/mol. The van der Waals surface area contributed by atoms with Gasteiger partial charge in [0, 0.05) is 22.0 Å². The van der Waals surface area contributed by atoms with Gasteiger partial charge in [-0.2, -0.15) is 0 Å². The third-order valence-electron chi connectivity index (χ3n) is 10.1. The lowest BCUT2D eigenvalue weighted by atomic mass is 9.76. The molecule has 0 radical (unpaired) electrons. The van der Waals surface area contributed by atoms with Crippen LogP contribution < -0.4 is 25.7 Å². The Morgan fingerprint density at radius 2 is 1.46 bits per heavy atom. The number of hydrogen-bond acceptors (Lipinski definition) is 7. The third-order valence-corrected chi connectivity index (χ3v) is 10.9. The lowest BCUT2D eigenvalue weighted by molar-refractivity contribution is -0.122. The Bertz CT molecular complexity index is 2240. The molecule has 1 heterocycles. The number of benzene rings is 4. The molecule has 0 aliphatic heterocycles. The summed E-state index contributed by atoms with van der Waals surface area (Å²) in [6.07, 6.45) is 1.66. The van der Waals surface area contributed by atoms with Crippen molar-refractivity contribution in [3.63, 3.8) is 0 Å². The molecule has 0 spiro atoms. The summed E-state index contributed by atoms with van der Waals surface area (Å²) in [4.78, 5) is 27.5. The lowest BCUT2D eigenvalue weighted by Gasteiger charge is -2.31. The third kappa shape index (κ3) is 9.60. The van der Waals surface area contributed by atoms with Crippen molar-refractivity contribution in [1.29, 1.82) is 0 Å². The maximum absolute atomic E-state index is 13.9. The SMILES string of the molecule is CCOc1ccccc1N=Nc1c(Nc2ccc(NC(=O)C(CC)Oc3ccc(C(C)(C)CC)cc3C(C)(C)CC)cc2)[nH]n(-c2c(Cl)cc(Cl)cc2Cl)c1=O. The highest BCUT2D eigenvalue weighted by Gasteiger charge is 2.29. The van der Waals surface area contributed by atoms with Crippen LogP contribution in [0.4, 0.5) is 28.6 Å². The highest BCUT2D eigenvalue weighted by atomic mass is 35.5. The standard InChI is InChI=1S/C43H49Cl3N6O4/c1-9-34(56-35-22-17-26(42(5,6)10-2)23-30(35)43(7,8)11-3)40(53)48-29-20-18-28(19-21-29)47-39-37(50-49-33-15-13-14-16-36(33)55-12-4)41(54)52(51-39)38-31(45)24-27(44)25-32(38)46/h13-25,34,47,51H,9-12H2,1-8H3,(H,48,53). The summed E-state index contributed by atoms with van der Waals surface area (Å²) in [6.45, 7) is 17.5. The Labute approximate surface area is 343 Å². The van der Waals surface area contributed by atoms with Gasteiger partial charge in [0.15, 0.2) is 17.6 Å². The molecule has 0 aliphatic rings. The van der Waals surface area contributed by atoms with Crippen LogP contribution in [-0.2, 0) is 15.6 Å². The summed E-state index contributed by atoms with van der Waals surface area (Å²) in [5, 5.41) is 18.5. The minimum Gasteiger partial charge on any atom is -0.492 e. The number of nitrogens with zero attached hydrogens (tertiary/aromatic N) is 3. The maximum Gasteiger partial charge on any atom is 0.301 e. The minimum atomic E-state index is -0.721. The van der Waals surface area contributed by atoms with Gasteiger partial charge in [0.25, 0.3) is 5.91 Å². The van der Waals surface area contributed by atoms with Crippen LogP contribution in [0.25, 0.3) is 5.69 Å². The van der Waals surface area contributed by atoms with Gasteiger partial charge in [-0.1, -0.05) is 108 Å². The first kappa shape index (κ1) is 42.4. The fourth-order valence-corrected chi connectivity index (χ4v) is 6.88. The van der Waals surface area contributed by atoms with Crippen LogP contribution in [0, 0.1) is 0 Å². The zero-order valence-electron chi connectivity index (χ0n) is 33.0. The van der Waals surface area contributed by atoms with Crippen LogP contribution in [0.15, 0.2) is 93.9 Å². The average Bonchev–Trinajstić information content (AvgIpc) is 3.46. The van der Waals surface area contributed by atoms with E-state index in [-0.39, 0.29) is 44.0 Å². The van der Waals surface area contributed by atoms with E-state index in [1.165, 1.54) is 22.4 Å². The van der Waals surface area contributed by atoms with Crippen LogP contribution in [0.1, 0.15) is 85.8 Å². The summed E-state index contributed by atoms with van der Waals surface area (Å²) in [7, 11) is 0. The van der Waals surface area contributed by atoms with E-state index in [4.69, 9.17) is 44.3 Å². The van der Waals surface area contributed by atoms with Gasteiger partial charge in [0.2, 0.25) is 0 Å². The Balaban J connectivity index is 1.40. The van der Waals surface area contributed by atoms with Crippen molar-refractivity contribution in [2.45, 2.75) is 91.6 Å². The van der Waals surface area contributed by atoms with E-state index in [1.54, 1.807) is 42.5 Å². The van der Waals surface area contributed by atoms with Gasteiger partial charge in [0.1, 0.15) is 22.9 Å². The molecule has 10 nitrogen and oxygen atoms in total. The number of aromatic amines is 1. The quantitative estimate of drug-likeness (QED) is 0.0856. The molecule has 1 unspecified atom stereocenters. The molecule has 5 aromatic rings. The highest BCUT2D eigenvalue weighted by Crippen LogP contribution is 2.40. The molecule has 0 saturated heterocycles. The van der Waals surface area contributed by atoms with Crippen LogP contribution in [-0.4, -0.2) is 28.4 Å². The van der Waals surface area contributed by atoms with Crippen LogP contribution >= 0.6 is 34.8 Å². The zero-order chi connectivity index (χ0) is 40.8. The Morgan fingerprint density at radius 3 is 2.09 bits per heavy atom. The number of H-pyrrole nitrogens is 1. The second kappa shape index (κ2) is 18.0. The van der Waals surface area contributed by atoms with Crippen molar-refractivity contribution in [2.75, 3.05) is 17.2 Å². The van der Waals surface area contributed by atoms with Gasteiger partial charge < -0.3 is 20.1 Å². The molecule has 4 aromatic carbocycles. The van der Waals surface area contributed by atoms with Crippen molar-refractivity contribution in [3.05, 3.63) is 115 Å². The largest absolute Gasteiger partial charge is 0.492 e. The van der Waals surface area contributed by atoms with E-state index < -0.39 is 11.7 Å². The first-order valence-electron chi connectivity index (χ1n) is 18.7. The summed E-state index contributed by atoms with van der Waals surface area (Å²) in [5.41, 5.74) is 3.36. The predicted octanol–water partition coefficient (Wildman–Crippen LogP) is 12.9. The van der Waals surface area contributed by atoms with E-state index in [1.807, 2.05) is 26.0 Å². The summed E-state index contributed by atoms with van der Waals surface area (Å²) in [6, 6.07) is 23.5. The maximum atomic E-state index is 13.9. The molecule has 0 bridgehead atoms. The van der Waals surface area contributed by atoms with Crippen LogP contribution in [0.5, 0.6) is 11.5 Å². The number of carbonyl (C=O) groups is 1. The first-order valence-corrected chi connectivity index (χ1v) is 19.9. The zero-order valence-corrected chi connectivity index (χ0v) is 35.3. The molecule has 0 saturated carbocycles. The molecule has 1 atom stereocenters. The fourth-order valence-electron chi connectivity index (χ4n) is 5.89. The Morgan fingerprint density at radius 1 is 0.821 bits per heavy atom. The molecule has 0 fully saturated rings. The molecule has 13 heteroatoms. The molecule has 1 aromatic heterocycles. The van der Waals surface area contributed by atoms with Crippen molar-refractivity contribution in [1.82, 2.24) is 9.78 Å². The van der Waals surface area contributed by atoms with Crippen molar-refractivity contribution < 1.29 is 14.3 Å². The smallest absolute Gasteiger partial charge is 0.301 e. The monoisotopic (exact) mass is 818 g/mol. The van der Waals surface area contributed by atoms with E-state index >= 15 is 0 Å². The molecule has 296 valence electrons. The van der Waals surface area contributed by atoms with E-state index in [9.17, 15) is 9.59 Å². The molecule has 5 rings (SSSR count). The Kier molecular flexibility index (Phi) is 13.6. The Hall–Kier alpha value is -4.77. The number of amides is 1. The summed E-state index contributed by atoms with van der Waals surface area (Å²) < 4.78 is 13.3. The number of azo groups is 1. The second-order valence-corrected chi connectivity index (χ2v) is 15.9. The van der Waals surface area contributed by atoms with E-state index in [2.05, 4.69) is 79.6 Å². The molecule has 56 heavy (non-hydrogen) atoms. The van der Waals surface area contributed by atoms with Gasteiger partial charge in [-0.05, 0) is 97.2 Å². The van der Waals surface area contributed by atoms with Gasteiger partial charge >= 0.3 is 5.56 Å². The number of halogens is 3. The summed E-state index contributed by atoms with van der Waals surface area (Å²) in [5.74, 6) is 1.18. The van der Waals surface area contributed by atoms with Crippen molar-refractivity contribution >= 4 is 69.3 Å². The number of nitrogens with one attached hydrogen (secondary N) is 3. The first-order chi connectivity index (χ1) is 26.6. The normalized spacial score (nSPS) is 12.5. The van der Waals surface area contributed by atoms with E-state index in [0.717, 1.165) is 18.4 Å². The lowest BCUT2D eigenvalue weighted by Crippen LogP contribution is -2.33. The molecule has 3 N–H and O–H groups in total. The van der Waals surface area contributed by atoms with Gasteiger partial charge in [-0.3, -0.25) is 14.7 Å². The number of carbonyl (C=O) groups excluding carboxylic acids is 1. The topological polar surface area (TPSA) is 122 Å². The summed E-state index contributed by atoms with van der Waals surface area (Å²) >= 11 is 19.2. The number of hydrogen-bond donors (Lipinski definition) is 3. The number of para-hydroxylation sites is 1. The molecular formula is C43H49Cl3N6O4. The van der Waals surface area contributed by atoms with Gasteiger partial charge in [-0.25, -0.2) is 4.68 Å². The molecular weight excluding hydrogens is 771 g/mol. The minimum absolute atomic E-state index is 0.0125. The number of ether oxygens (including phenoxy) is 2. The van der Waals surface area contributed by atoms with E-state index in [0.29, 0.717) is 46.6 Å². The van der Waals surface area contributed by atoms with Crippen LogP contribution in [0.2, 0.25) is 15.1 Å². The predicted molar refractivity (Wildman–Crippen MR) is 229 cm³/mol. The van der Waals surface area contributed by atoms with Crippen LogP contribution in [0.3, 0.4) is 0 Å². The molecule has 1 amide bonds. The van der Waals surface area contributed by atoms with Crippen molar-refractivity contribution in [3.8, 4) is 17.2 Å². The molecule has 0 aliphatic carbocycles. The number of anilines is 3. The van der Waals surface area contributed by atoms with Gasteiger partial charge in [-0.15, -0.1) is 10.2 Å². The number of aromatic nitrogens is 2. The second-order valence-electron chi connectivity index (χ2n) is 14.7. The fraction of sp³-hybridized carbons (Fsp3) is 0.349. The van der Waals surface area contributed by atoms with Crippen molar-refractivity contribution in [2.24, 2.45) is 10.2 Å².